The van der Waals surface area contributed by atoms with Crippen LogP contribution in [0.3, 0.4) is 0 Å². The number of carboxylic acid groups (broad SMARTS) is 1. The van der Waals surface area contributed by atoms with Crippen LogP contribution in [-0.4, -0.2) is 28.2 Å². The number of carboxylic acids is 1. The molecule has 0 aliphatic carbocycles. The highest BCUT2D eigenvalue weighted by atomic mass is 32.2. The van der Waals surface area contributed by atoms with Gasteiger partial charge in [0, 0.05) is 0 Å². The quantitative estimate of drug-likeness (QED) is 0.727. The van der Waals surface area contributed by atoms with Gasteiger partial charge in [-0.15, -0.1) is 0 Å². The van der Waals surface area contributed by atoms with Crippen molar-refractivity contribution in [3.8, 4) is 0 Å². The van der Waals surface area contributed by atoms with Gasteiger partial charge in [-0.25, -0.2) is 8.42 Å². The fraction of sp³-hybridized carbons (Fsp3) is 0.0714. The summed E-state index contributed by atoms with van der Waals surface area (Å²) in [5, 5.41) is 9.36. The Hall–Kier alpha value is -2.36. The first-order chi connectivity index (χ1) is 11.0. The third-order valence-electron chi connectivity index (χ3n) is 3.19. The Balaban J connectivity index is 2.03. The molecule has 3 aromatic rings. The molecule has 0 saturated heterocycles. The molecule has 0 radical (unpaired) electrons. The van der Waals surface area contributed by atoms with Crippen molar-refractivity contribution in [1.29, 1.82) is 0 Å². The molecule has 0 aliphatic heterocycles. The van der Waals surface area contributed by atoms with Crippen LogP contribution in [0, 0.1) is 0 Å². The first-order valence-electron chi connectivity index (χ1n) is 6.50. The van der Waals surface area contributed by atoms with Gasteiger partial charge in [-0.3, -0.25) is 4.79 Å². The van der Waals surface area contributed by atoms with Crippen LogP contribution < -0.4 is 4.72 Å². The van der Waals surface area contributed by atoms with Gasteiger partial charge in [0.1, 0.15) is 22.0 Å². The number of aromatic nitrogens is 2. The molecule has 2 aromatic carbocycles. The number of nitrogens with one attached hydrogen (secondary N) is 1. The summed E-state index contributed by atoms with van der Waals surface area (Å²) in [6.45, 7) is 0. The summed E-state index contributed by atoms with van der Waals surface area (Å²) in [5.41, 5.74) is 1.01. The van der Waals surface area contributed by atoms with Gasteiger partial charge in [-0.05, 0) is 17.7 Å². The Labute approximate surface area is 136 Å². The average Bonchev–Trinajstić information content (AvgIpc) is 3.01. The van der Waals surface area contributed by atoms with Gasteiger partial charge >= 0.3 is 5.97 Å². The van der Waals surface area contributed by atoms with Crippen LogP contribution in [0.4, 0.5) is 0 Å². The van der Waals surface area contributed by atoms with Crippen molar-refractivity contribution in [2.45, 2.75) is 10.9 Å². The Kier molecular flexibility index (Phi) is 4.07. The zero-order valence-electron chi connectivity index (χ0n) is 11.6. The molecule has 0 aliphatic rings. The van der Waals surface area contributed by atoms with Crippen molar-refractivity contribution in [2.75, 3.05) is 0 Å². The lowest BCUT2D eigenvalue weighted by Crippen LogP contribution is -2.33. The van der Waals surface area contributed by atoms with Gasteiger partial charge in [-0.2, -0.15) is 13.5 Å². The highest BCUT2D eigenvalue weighted by molar-refractivity contribution is 7.89. The Bertz CT molecular complexity index is 954. The number of carbonyl (C=O) groups is 1. The van der Waals surface area contributed by atoms with E-state index in [0.717, 1.165) is 11.7 Å². The maximum absolute atomic E-state index is 12.6. The first kappa shape index (κ1) is 15.5. The van der Waals surface area contributed by atoms with Crippen molar-refractivity contribution in [3.63, 3.8) is 0 Å². The Morgan fingerprint density at radius 1 is 1.09 bits per heavy atom. The number of sulfonamides is 1. The minimum atomic E-state index is -4.08. The van der Waals surface area contributed by atoms with E-state index >= 15 is 0 Å². The topological polar surface area (TPSA) is 109 Å². The van der Waals surface area contributed by atoms with E-state index in [1.165, 1.54) is 12.1 Å². The van der Waals surface area contributed by atoms with E-state index in [1.807, 2.05) is 0 Å². The predicted octanol–water partition coefficient (Wildman–Crippen LogP) is 1.80. The second-order valence-electron chi connectivity index (χ2n) is 4.69. The van der Waals surface area contributed by atoms with Gasteiger partial charge < -0.3 is 5.11 Å². The molecule has 1 aromatic heterocycles. The van der Waals surface area contributed by atoms with Crippen LogP contribution in [0.2, 0.25) is 0 Å². The third-order valence-corrected chi connectivity index (χ3v) is 5.19. The Morgan fingerprint density at radius 3 is 2.52 bits per heavy atom. The lowest BCUT2D eigenvalue weighted by Gasteiger charge is -2.15. The maximum atomic E-state index is 12.6. The molecule has 3 rings (SSSR count). The highest BCUT2D eigenvalue weighted by Gasteiger charge is 2.28. The van der Waals surface area contributed by atoms with Crippen molar-refractivity contribution in [1.82, 2.24) is 13.5 Å². The molecule has 0 saturated carbocycles. The summed E-state index contributed by atoms with van der Waals surface area (Å²) < 4.78 is 35.4. The average molecular weight is 349 g/mol. The zero-order chi connectivity index (χ0) is 16.4. The summed E-state index contributed by atoms with van der Waals surface area (Å²) in [4.78, 5) is 11.4. The minimum absolute atomic E-state index is 0.0917. The fourth-order valence-corrected chi connectivity index (χ4v) is 4.07. The van der Waals surface area contributed by atoms with E-state index in [2.05, 4.69) is 13.5 Å². The van der Waals surface area contributed by atoms with Crippen LogP contribution in [-0.2, 0) is 14.8 Å². The van der Waals surface area contributed by atoms with Crippen LogP contribution in [0.1, 0.15) is 11.6 Å². The van der Waals surface area contributed by atoms with Crippen molar-refractivity contribution < 1.29 is 18.3 Å². The van der Waals surface area contributed by atoms with E-state index in [0.29, 0.717) is 11.1 Å². The van der Waals surface area contributed by atoms with Gasteiger partial charge in [0.15, 0.2) is 0 Å². The van der Waals surface area contributed by atoms with Crippen LogP contribution in [0.5, 0.6) is 0 Å². The molecule has 0 spiro atoms. The molecular formula is C14H11N3O4S2. The van der Waals surface area contributed by atoms with Crippen molar-refractivity contribution >= 4 is 38.8 Å². The second kappa shape index (κ2) is 6.03. The molecule has 0 unspecified atom stereocenters. The molecule has 7 nitrogen and oxygen atoms in total. The molecule has 1 heterocycles. The zero-order valence-corrected chi connectivity index (χ0v) is 13.2. The fourth-order valence-electron chi connectivity index (χ4n) is 2.12. The maximum Gasteiger partial charge on any atom is 0.326 e. The lowest BCUT2D eigenvalue weighted by atomic mass is 10.1. The third kappa shape index (κ3) is 3.07. The van der Waals surface area contributed by atoms with Gasteiger partial charge in [0.2, 0.25) is 10.0 Å². The first-order valence-corrected chi connectivity index (χ1v) is 8.72. The Morgan fingerprint density at radius 2 is 1.83 bits per heavy atom. The predicted molar refractivity (Wildman–Crippen MR) is 84.6 cm³/mol. The summed E-state index contributed by atoms with van der Waals surface area (Å²) in [5.74, 6) is -1.29. The number of fused-ring (bicyclic) bond motifs is 1. The second-order valence-corrected chi connectivity index (χ2v) is 6.90. The van der Waals surface area contributed by atoms with Crippen molar-refractivity contribution in [2.24, 2.45) is 0 Å². The monoisotopic (exact) mass is 349 g/mol. The molecule has 9 heteroatoms. The van der Waals surface area contributed by atoms with E-state index < -0.39 is 22.0 Å². The largest absolute Gasteiger partial charge is 0.480 e. The molecular weight excluding hydrogens is 338 g/mol. The van der Waals surface area contributed by atoms with Crippen LogP contribution >= 0.6 is 11.7 Å². The number of hydrogen-bond donors (Lipinski definition) is 2. The number of benzene rings is 2. The lowest BCUT2D eigenvalue weighted by molar-refractivity contribution is -0.139. The number of rotatable bonds is 5. The van der Waals surface area contributed by atoms with Gasteiger partial charge in [0.25, 0.3) is 0 Å². The molecule has 1 atom stereocenters. The summed E-state index contributed by atoms with van der Waals surface area (Å²) in [6.07, 6.45) is 0. The molecule has 118 valence electrons. The van der Waals surface area contributed by atoms with E-state index in [-0.39, 0.29) is 10.4 Å². The molecule has 2 N–H and O–H groups in total. The normalized spacial score (nSPS) is 13.0. The van der Waals surface area contributed by atoms with Crippen molar-refractivity contribution in [3.05, 3.63) is 54.1 Å². The smallest absolute Gasteiger partial charge is 0.326 e. The summed E-state index contributed by atoms with van der Waals surface area (Å²) in [6, 6.07) is 11.3. The summed E-state index contributed by atoms with van der Waals surface area (Å²) >= 11 is 0.896. The number of nitrogens with zero attached hydrogens (tertiary/aromatic N) is 2. The molecule has 0 amide bonds. The number of hydrogen-bond acceptors (Lipinski definition) is 6. The SMILES string of the molecule is O=C(O)[C@H](NS(=O)(=O)c1cccc2nsnc12)c1ccccc1. The van der Waals surface area contributed by atoms with Crippen LogP contribution in [0.25, 0.3) is 11.0 Å². The minimum Gasteiger partial charge on any atom is -0.480 e. The molecule has 0 bridgehead atoms. The van der Waals surface area contributed by atoms with Crippen LogP contribution in [0.15, 0.2) is 53.4 Å². The van der Waals surface area contributed by atoms with Gasteiger partial charge in [-0.1, -0.05) is 36.4 Å². The van der Waals surface area contributed by atoms with E-state index in [9.17, 15) is 18.3 Å². The summed E-state index contributed by atoms with van der Waals surface area (Å²) in [7, 11) is -4.08. The van der Waals surface area contributed by atoms with E-state index in [4.69, 9.17) is 0 Å². The molecule has 23 heavy (non-hydrogen) atoms. The van der Waals surface area contributed by atoms with E-state index in [1.54, 1.807) is 36.4 Å². The highest BCUT2D eigenvalue weighted by Crippen LogP contribution is 2.23. The van der Waals surface area contributed by atoms with Gasteiger partial charge in [0.05, 0.1) is 11.7 Å². The molecule has 0 fully saturated rings. The standard InChI is InChI=1S/C14H11N3O4S2/c18-14(19)12(9-5-2-1-3-6-9)17-23(20,21)11-8-4-7-10-13(11)16-22-15-10/h1-8,12,17H,(H,18,19)/t12-/m1/s1. The number of aliphatic carboxylic acids is 1.